The Labute approximate surface area is 99.1 Å². The van der Waals surface area contributed by atoms with Gasteiger partial charge in [0.1, 0.15) is 11.4 Å². The van der Waals surface area contributed by atoms with Crippen LogP contribution in [0, 0.1) is 12.7 Å². The van der Waals surface area contributed by atoms with E-state index in [2.05, 4.69) is 5.32 Å². The fourth-order valence-corrected chi connectivity index (χ4v) is 1.30. The average molecular weight is 241 g/mol. The molecular formula is C12H16FNO3. The van der Waals surface area contributed by atoms with E-state index in [1.165, 1.54) is 13.0 Å². The van der Waals surface area contributed by atoms with Crippen molar-refractivity contribution in [2.24, 2.45) is 0 Å². The molecule has 0 aliphatic carbocycles. The first kappa shape index (κ1) is 13.6. The maximum absolute atomic E-state index is 13.1. The molecule has 0 heterocycles. The van der Waals surface area contributed by atoms with Crippen LogP contribution in [0.3, 0.4) is 0 Å². The van der Waals surface area contributed by atoms with Crippen molar-refractivity contribution in [2.45, 2.75) is 19.4 Å². The molecule has 1 rings (SSSR count). The van der Waals surface area contributed by atoms with E-state index >= 15 is 0 Å². The third kappa shape index (κ3) is 4.13. The van der Waals surface area contributed by atoms with Crippen LogP contribution in [-0.2, 0) is 0 Å². The number of aliphatic hydroxyl groups excluding tert-OH is 1. The zero-order chi connectivity index (χ0) is 13.1. The van der Waals surface area contributed by atoms with Crippen molar-refractivity contribution in [2.75, 3.05) is 13.2 Å². The first-order valence-electron chi connectivity index (χ1n) is 5.23. The highest BCUT2D eigenvalue weighted by Gasteiger charge is 2.20. The van der Waals surface area contributed by atoms with E-state index < -0.39 is 23.9 Å². The number of nitrogens with one attached hydrogen (secondary N) is 1. The lowest BCUT2D eigenvalue weighted by atomic mass is 10.1. The highest BCUT2D eigenvalue weighted by molar-refractivity contribution is 5.94. The summed E-state index contributed by atoms with van der Waals surface area (Å²) in [7, 11) is 0. The number of hydrogen-bond acceptors (Lipinski definition) is 3. The lowest BCUT2D eigenvalue weighted by Crippen LogP contribution is -2.43. The molecule has 0 saturated carbocycles. The maximum atomic E-state index is 13.1. The minimum Gasteiger partial charge on any atom is -0.393 e. The van der Waals surface area contributed by atoms with Gasteiger partial charge >= 0.3 is 0 Å². The van der Waals surface area contributed by atoms with Crippen LogP contribution in [0.15, 0.2) is 18.2 Å². The molecule has 0 aromatic heterocycles. The molecule has 94 valence electrons. The van der Waals surface area contributed by atoms with E-state index in [1.54, 1.807) is 13.0 Å². The first-order chi connectivity index (χ1) is 7.84. The zero-order valence-corrected chi connectivity index (χ0v) is 9.83. The molecule has 4 nitrogen and oxygen atoms in total. The van der Waals surface area contributed by atoms with Crippen molar-refractivity contribution in [3.63, 3.8) is 0 Å². The second-order valence-corrected chi connectivity index (χ2v) is 4.35. The highest BCUT2D eigenvalue weighted by atomic mass is 19.1. The Morgan fingerprint density at radius 3 is 2.65 bits per heavy atom. The SMILES string of the molecule is Cc1cc(F)cc(C(=O)NCC(C)(O)CO)c1. The summed E-state index contributed by atoms with van der Waals surface area (Å²) in [5.41, 5.74) is -0.543. The standard InChI is InChI=1S/C12H16FNO3/c1-8-3-9(5-10(13)4-8)11(16)14-6-12(2,17)7-15/h3-5,15,17H,6-7H2,1-2H3,(H,14,16). The van der Waals surface area contributed by atoms with Crippen molar-refractivity contribution >= 4 is 5.91 Å². The predicted molar refractivity (Wildman–Crippen MR) is 61.2 cm³/mol. The van der Waals surface area contributed by atoms with Crippen LogP contribution in [-0.4, -0.2) is 34.9 Å². The zero-order valence-electron chi connectivity index (χ0n) is 9.83. The number of rotatable bonds is 4. The number of benzene rings is 1. The van der Waals surface area contributed by atoms with E-state index in [1.807, 2.05) is 0 Å². The van der Waals surface area contributed by atoms with Crippen LogP contribution < -0.4 is 5.32 Å². The van der Waals surface area contributed by atoms with Gasteiger partial charge < -0.3 is 15.5 Å². The summed E-state index contributed by atoms with van der Waals surface area (Å²) in [5, 5.41) is 20.7. The molecule has 1 unspecified atom stereocenters. The molecule has 0 aliphatic rings. The Hall–Kier alpha value is -1.46. The van der Waals surface area contributed by atoms with Crippen molar-refractivity contribution in [3.8, 4) is 0 Å². The molecule has 1 aromatic rings. The van der Waals surface area contributed by atoms with Crippen molar-refractivity contribution in [1.29, 1.82) is 0 Å². The fourth-order valence-electron chi connectivity index (χ4n) is 1.30. The number of aliphatic hydroxyl groups is 2. The van der Waals surface area contributed by atoms with Crippen LogP contribution in [0.4, 0.5) is 4.39 Å². The molecule has 0 bridgehead atoms. The Balaban J connectivity index is 2.70. The molecule has 0 spiro atoms. The fraction of sp³-hybridized carbons (Fsp3) is 0.417. The summed E-state index contributed by atoms with van der Waals surface area (Å²) >= 11 is 0. The molecule has 0 saturated heterocycles. The second-order valence-electron chi connectivity index (χ2n) is 4.35. The summed E-state index contributed by atoms with van der Waals surface area (Å²) in [6.07, 6.45) is 0. The summed E-state index contributed by atoms with van der Waals surface area (Å²) in [6, 6.07) is 3.99. The summed E-state index contributed by atoms with van der Waals surface area (Å²) in [4.78, 5) is 11.6. The monoisotopic (exact) mass is 241 g/mol. The number of hydrogen-bond donors (Lipinski definition) is 3. The topological polar surface area (TPSA) is 69.6 Å². The molecule has 3 N–H and O–H groups in total. The number of carbonyl (C=O) groups is 1. The molecule has 17 heavy (non-hydrogen) atoms. The van der Waals surface area contributed by atoms with E-state index in [9.17, 15) is 14.3 Å². The normalized spacial score (nSPS) is 14.2. The highest BCUT2D eigenvalue weighted by Crippen LogP contribution is 2.08. The van der Waals surface area contributed by atoms with Crippen molar-refractivity contribution < 1.29 is 19.4 Å². The number of aryl methyl sites for hydroxylation is 1. The first-order valence-corrected chi connectivity index (χ1v) is 5.23. The molecular weight excluding hydrogens is 225 g/mol. The van der Waals surface area contributed by atoms with Crippen LogP contribution in [0.2, 0.25) is 0 Å². The number of amides is 1. The van der Waals surface area contributed by atoms with Gasteiger partial charge in [0.2, 0.25) is 0 Å². The lowest BCUT2D eigenvalue weighted by Gasteiger charge is -2.20. The summed E-state index contributed by atoms with van der Waals surface area (Å²) in [5.74, 6) is -0.967. The molecule has 1 aromatic carbocycles. The van der Waals surface area contributed by atoms with Gasteiger partial charge in [0.05, 0.1) is 6.61 Å². The maximum Gasteiger partial charge on any atom is 0.251 e. The lowest BCUT2D eigenvalue weighted by molar-refractivity contribution is 0.00320. The van der Waals surface area contributed by atoms with Gasteiger partial charge in [-0.1, -0.05) is 0 Å². The summed E-state index contributed by atoms with van der Waals surface area (Å²) < 4.78 is 13.1. The van der Waals surface area contributed by atoms with Gasteiger partial charge in [-0.3, -0.25) is 4.79 Å². The third-order valence-corrected chi connectivity index (χ3v) is 2.27. The van der Waals surface area contributed by atoms with Crippen molar-refractivity contribution in [3.05, 3.63) is 35.1 Å². The van der Waals surface area contributed by atoms with E-state index in [0.29, 0.717) is 5.56 Å². The second kappa shape index (κ2) is 5.25. The Bertz CT molecular complexity index is 398. The van der Waals surface area contributed by atoms with Gasteiger partial charge in [-0.25, -0.2) is 4.39 Å². The van der Waals surface area contributed by atoms with Gasteiger partial charge in [0.25, 0.3) is 5.91 Å². The minimum absolute atomic E-state index is 0.0993. The summed E-state index contributed by atoms with van der Waals surface area (Å²) in [6.45, 7) is 2.52. The number of carbonyl (C=O) groups excluding carboxylic acids is 1. The van der Waals surface area contributed by atoms with Crippen LogP contribution >= 0.6 is 0 Å². The van der Waals surface area contributed by atoms with Crippen molar-refractivity contribution in [1.82, 2.24) is 5.32 Å². The molecule has 0 radical (unpaired) electrons. The van der Waals surface area contributed by atoms with Gasteiger partial charge in [-0.2, -0.15) is 0 Å². The molecule has 0 fully saturated rings. The third-order valence-electron chi connectivity index (χ3n) is 2.27. The molecule has 0 aliphatic heterocycles. The van der Waals surface area contributed by atoms with Gasteiger partial charge in [-0.05, 0) is 37.6 Å². The molecule has 1 atom stereocenters. The largest absolute Gasteiger partial charge is 0.393 e. The van der Waals surface area contributed by atoms with Gasteiger partial charge in [0.15, 0.2) is 0 Å². The van der Waals surface area contributed by atoms with Gasteiger partial charge in [0, 0.05) is 12.1 Å². The Kier molecular flexibility index (Phi) is 4.20. The molecule has 5 heteroatoms. The van der Waals surface area contributed by atoms with Crippen LogP contribution in [0.25, 0.3) is 0 Å². The van der Waals surface area contributed by atoms with E-state index in [-0.39, 0.29) is 12.1 Å². The Morgan fingerprint density at radius 1 is 1.47 bits per heavy atom. The number of halogens is 1. The van der Waals surface area contributed by atoms with Gasteiger partial charge in [-0.15, -0.1) is 0 Å². The van der Waals surface area contributed by atoms with Crippen LogP contribution in [0.5, 0.6) is 0 Å². The average Bonchev–Trinajstić information content (AvgIpc) is 2.24. The predicted octanol–water partition coefficient (Wildman–Crippen LogP) is 0.607. The Morgan fingerprint density at radius 2 is 2.12 bits per heavy atom. The smallest absolute Gasteiger partial charge is 0.251 e. The molecule has 1 amide bonds. The van der Waals surface area contributed by atoms with Crippen LogP contribution in [0.1, 0.15) is 22.8 Å². The van der Waals surface area contributed by atoms with E-state index in [0.717, 1.165) is 6.07 Å². The van der Waals surface area contributed by atoms with E-state index in [4.69, 9.17) is 5.11 Å². The quantitative estimate of drug-likeness (QED) is 0.723. The minimum atomic E-state index is -1.38.